The van der Waals surface area contributed by atoms with Gasteiger partial charge in [-0.15, -0.1) is 0 Å². The minimum absolute atomic E-state index is 0.599. The molecule has 1 aliphatic heterocycles. The van der Waals surface area contributed by atoms with Gasteiger partial charge in [-0.05, 0) is 50.9 Å². The smallest absolute Gasteiger partial charge is 0.0992 e. The third kappa shape index (κ3) is 3.62. The van der Waals surface area contributed by atoms with Crippen LogP contribution in [0.15, 0.2) is 18.2 Å². The molecule has 1 saturated heterocycles. The average Bonchev–Trinajstić information content (AvgIpc) is 2.86. The van der Waals surface area contributed by atoms with E-state index in [1.165, 1.54) is 13.0 Å². The molecule has 0 radical (unpaired) electrons. The molecule has 1 aliphatic rings. The fourth-order valence-corrected chi connectivity index (χ4v) is 2.73. The van der Waals surface area contributed by atoms with E-state index < -0.39 is 0 Å². The van der Waals surface area contributed by atoms with E-state index in [-0.39, 0.29) is 0 Å². The van der Waals surface area contributed by atoms with Gasteiger partial charge in [-0.3, -0.25) is 0 Å². The Hall–Kier alpha value is -1.24. The van der Waals surface area contributed by atoms with E-state index in [0.29, 0.717) is 22.5 Å². The quantitative estimate of drug-likeness (QED) is 0.917. The predicted molar refractivity (Wildman–Crippen MR) is 79.5 cm³/mol. The van der Waals surface area contributed by atoms with E-state index in [9.17, 15) is 0 Å². The van der Waals surface area contributed by atoms with Gasteiger partial charge in [0.15, 0.2) is 0 Å². The molecule has 1 aromatic carbocycles. The molecule has 1 unspecified atom stereocenters. The van der Waals surface area contributed by atoms with E-state index in [0.717, 1.165) is 18.8 Å². The number of benzene rings is 1. The van der Waals surface area contributed by atoms with Gasteiger partial charge in [0.1, 0.15) is 0 Å². The van der Waals surface area contributed by atoms with Crippen molar-refractivity contribution in [3.05, 3.63) is 28.8 Å². The largest absolute Gasteiger partial charge is 0.384 e. The van der Waals surface area contributed by atoms with Crippen LogP contribution >= 0.6 is 11.6 Å². The normalized spacial score (nSPS) is 19.6. The number of nitrogens with one attached hydrogen (secondary N) is 1. The van der Waals surface area contributed by atoms with E-state index in [4.69, 9.17) is 16.9 Å². The van der Waals surface area contributed by atoms with Gasteiger partial charge in [0, 0.05) is 19.1 Å². The lowest BCUT2D eigenvalue weighted by Crippen LogP contribution is -2.29. The SMILES string of the molecule is CC(C)N1CCC(CNc2ccc(C#N)cc2Cl)C1. The highest BCUT2D eigenvalue weighted by molar-refractivity contribution is 6.33. The molecular weight excluding hydrogens is 258 g/mol. The third-order valence-corrected chi connectivity index (χ3v) is 4.04. The van der Waals surface area contributed by atoms with Gasteiger partial charge in [-0.25, -0.2) is 0 Å². The molecule has 0 amide bonds. The monoisotopic (exact) mass is 277 g/mol. The van der Waals surface area contributed by atoms with Crippen LogP contribution in [-0.2, 0) is 0 Å². The minimum atomic E-state index is 0.599. The van der Waals surface area contributed by atoms with Crippen LogP contribution in [0.5, 0.6) is 0 Å². The van der Waals surface area contributed by atoms with Gasteiger partial charge < -0.3 is 10.2 Å². The molecule has 19 heavy (non-hydrogen) atoms. The highest BCUT2D eigenvalue weighted by Gasteiger charge is 2.23. The maximum atomic E-state index is 8.80. The fraction of sp³-hybridized carbons (Fsp3) is 0.533. The molecule has 102 valence electrons. The molecule has 1 heterocycles. The summed E-state index contributed by atoms with van der Waals surface area (Å²) in [6.07, 6.45) is 1.24. The van der Waals surface area contributed by atoms with Crippen LogP contribution in [0.25, 0.3) is 0 Å². The van der Waals surface area contributed by atoms with E-state index in [1.807, 2.05) is 6.07 Å². The lowest BCUT2D eigenvalue weighted by molar-refractivity contribution is 0.266. The van der Waals surface area contributed by atoms with Crippen LogP contribution in [0.3, 0.4) is 0 Å². The van der Waals surface area contributed by atoms with Crippen molar-refractivity contribution in [2.24, 2.45) is 5.92 Å². The molecule has 3 nitrogen and oxygen atoms in total. The topological polar surface area (TPSA) is 39.1 Å². The molecule has 4 heteroatoms. The Kier molecular flexibility index (Phi) is 4.68. The second-order valence-corrected chi connectivity index (χ2v) is 5.84. The lowest BCUT2D eigenvalue weighted by Gasteiger charge is -2.20. The van der Waals surface area contributed by atoms with Crippen molar-refractivity contribution < 1.29 is 0 Å². The van der Waals surface area contributed by atoms with Crippen LogP contribution in [0, 0.1) is 17.2 Å². The average molecular weight is 278 g/mol. The number of hydrogen-bond donors (Lipinski definition) is 1. The standard InChI is InChI=1S/C15H20ClN3/c1-11(2)19-6-5-13(10-19)9-18-15-4-3-12(8-17)7-14(15)16/h3-4,7,11,13,18H,5-6,9-10H2,1-2H3. The summed E-state index contributed by atoms with van der Waals surface area (Å²) in [5.74, 6) is 0.675. The number of halogens is 1. The number of nitriles is 1. The molecule has 0 saturated carbocycles. The summed E-state index contributed by atoms with van der Waals surface area (Å²) in [6.45, 7) is 7.76. The lowest BCUT2D eigenvalue weighted by atomic mass is 10.1. The Morgan fingerprint density at radius 3 is 2.89 bits per heavy atom. The summed E-state index contributed by atoms with van der Waals surface area (Å²) in [6, 6.07) is 8.11. The maximum absolute atomic E-state index is 8.80. The number of likely N-dealkylation sites (tertiary alicyclic amines) is 1. The van der Waals surface area contributed by atoms with Crippen molar-refractivity contribution >= 4 is 17.3 Å². The van der Waals surface area contributed by atoms with Gasteiger partial charge in [-0.2, -0.15) is 5.26 Å². The summed E-state index contributed by atoms with van der Waals surface area (Å²) >= 11 is 6.15. The summed E-state index contributed by atoms with van der Waals surface area (Å²) in [5, 5.41) is 12.8. The zero-order valence-corrected chi connectivity index (χ0v) is 12.2. The first-order valence-electron chi connectivity index (χ1n) is 6.77. The number of rotatable bonds is 4. The van der Waals surface area contributed by atoms with Crippen molar-refractivity contribution in [2.75, 3.05) is 25.0 Å². The Labute approximate surface area is 120 Å². The molecule has 0 aromatic heterocycles. The van der Waals surface area contributed by atoms with E-state index in [2.05, 4.69) is 30.1 Å². The van der Waals surface area contributed by atoms with E-state index >= 15 is 0 Å². The molecule has 0 bridgehead atoms. The second kappa shape index (κ2) is 6.27. The maximum Gasteiger partial charge on any atom is 0.0992 e. The van der Waals surface area contributed by atoms with Crippen molar-refractivity contribution in [3.63, 3.8) is 0 Å². The van der Waals surface area contributed by atoms with Crippen LogP contribution in [0.2, 0.25) is 5.02 Å². The Balaban J connectivity index is 1.88. The zero-order valence-electron chi connectivity index (χ0n) is 11.5. The number of nitrogens with zero attached hydrogens (tertiary/aromatic N) is 2. The molecule has 1 aromatic rings. The fourth-order valence-electron chi connectivity index (χ4n) is 2.48. The molecule has 2 rings (SSSR count). The van der Waals surface area contributed by atoms with E-state index in [1.54, 1.807) is 12.1 Å². The van der Waals surface area contributed by atoms with Crippen molar-refractivity contribution in [3.8, 4) is 6.07 Å². The Bertz CT molecular complexity index is 479. The summed E-state index contributed by atoms with van der Waals surface area (Å²) < 4.78 is 0. The highest BCUT2D eigenvalue weighted by atomic mass is 35.5. The molecule has 0 aliphatic carbocycles. The Morgan fingerprint density at radius 1 is 1.53 bits per heavy atom. The van der Waals surface area contributed by atoms with Crippen LogP contribution < -0.4 is 5.32 Å². The van der Waals surface area contributed by atoms with Gasteiger partial charge in [0.2, 0.25) is 0 Å². The summed E-state index contributed by atoms with van der Waals surface area (Å²) in [7, 11) is 0. The highest BCUT2D eigenvalue weighted by Crippen LogP contribution is 2.24. The molecule has 1 atom stereocenters. The molecule has 1 fully saturated rings. The van der Waals surface area contributed by atoms with Crippen LogP contribution in [-0.4, -0.2) is 30.6 Å². The first-order chi connectivity index (χ1) is 9.10. The molecule has 0 spiro atoms. The van der Waals surface area contributed by atoms with Crippen molar-refractivity contribution in [2.45, 2.75) is 26.3 Å². The summed E-state index contributed by atoms with van der Waals surface area (Å²) in [5.41, 5.74) is 1.52. The van der Waals surface area contributed by atoms with Gasteiger partial charge in [-0.1, -0.05) is 11.6 Å². The predicted octanol–water partition coefficient (Wildman–Crippen LogP) is 3.35. The first-order valence-corrected chi connectivity index (χ1v) is 7.15. The van der Waals surface area contributed by atoms with Crippen molar-refractivity contribution in [1.29, 1.82) is 5.26 Å². The molecule has 1 N–H and O–H groups in total. The second-order valence-electron chi connectivity index (χ2n) is 5.43. The van der Waals surface area contributed by atoms with Crippen LogP contribution in [0.1, 0.15) is 25.8 Å². The Morgan fingerprint density at radius 2 is 2.32 bits per heavy atom. The van der Waals surface area contributed by atoms with Gasteiger partial charge >= 0.3 is 0 Å². The number of anilines is 1. The first kappa shape index (κ1) is 14.2. The summed E-state index contributed by atoms with van der Waals surface area (Å²) in [4.78, 5) is 2.51. The minimum Gasteiger partial charge on any atom is -0.384 e. The zero-order chi connectivity index (χ0) is 13.8. The van der Waals surface area contributed by atoms with Crippen LogP contribution in [0.4, 0.5) is 5.69 Å². The molecular formula is C15H20ClN3. The van der Waals surface area contributed by atoms with Gasteiger partial charge in [0.25, 0.3) is 0 Å². The number of hydrogen-bond acceptors (Lipinski definition) is 3. The van der Waals surface area contributed by atoms with Crippen molar-refractivity contribution in [1.82, 2.24) is 4.90 Å². The third-order valence-electron chi connectivity index (χ3n) is 3.73. The van der Waals surface area contributed by atoms with Gasteiger partial charge in [0.05, 0.1) is 22.3 Å².